The molecule has 0 saturated heterocycles. The molecule has 0 fully saturated rings. The molecule has 1 N–H and O–H groups in total. The predicted octanol–water partition coefficient (Wildman–Crippen LogP) is 9.41. The zero-order valence-electron chi connectivity index (χ0n) is 30.2. The predicted molar refractivity (Wildman–Crippen MR) is 230 cm³/mol. The third kappa shape index (κ3) is 10.1. The summed E-state index contributed by atoms with van der Waals surface area (Å²) in [6.07, 6.45) is 8.89. The van der Waals surface area contributed by atoms with Gasteiger partial charge in [0.25, 0.3) is 11.8 Å². The van der Waals surface area contributed by atoms with Crippen LogP contribution >= 0.6 is 92.6 Å². The molecule has 0 spiro atoms. The molecule has 2 aliphatic heterocycles. The Morgan fingerprint density at radius 1 is 0.729 bits per heavy atom. The molecule has 0 radical (unpaired) electrons. The van der Waals surface area contributed by atoms with Gasteiger partial charge in [-0.3, -0.25) is 23.9 Å². The van der Waals surface area contributed by atoms with E-state index in [2.05, 4.69) is 35.7 Å². The Morgan fingerprint density at radius 2 is 1.19 bits per heavy atom. The van der Waals surface area contributed by atoms with Crippen LogP contribution in [0.5, 0.6) is 0 Å². The van der Waals surface area contributed by atoms with Crippen molar-refractivity contribution in [1.82, 2.24) is 30.4 Å². The van der Waals surface area contributed by atoms with Crippen LogP contribution in [-0.4, -0.2) is 73.2 Å². The van der Waals surface area contributed by atoms with Gasteiger partial charge in [0, 0.05) is 54.0 Å². The zero-order chi connectivity index (χ0) is 43.4. The molecule has 0 atom stereocenters. The van der Waals surface area contributed by atoms with E-state index >= 15 is 0 Å². The number of benzene rings is 2. The fourth-order valence-electron chi connectivity index (χ4n) is 4.88. The van der Waals surface area contributed by atoms with E-state index in [0.29, 0.717) is 61.1 Å². The fourth-order valence-corrected chi connectivity index (χ4v) is 12.0. The maximum absolute atomic E-state index is 12.8. The van der Waals surface area contributed by atoms with Gasteiger partial charge in [0.2, 0.25) is 29.7 Å². The first-order chi connectivity index (χ1) is 28.5. The largest absolute Gasteiger partial charge is 0.320 e. The Balaban J connectivity index is 0.000000189. The van der Waals surface area contributed by atoms with Gasteiger partial charge in [-0.15, -0.1) is 20.4 Å². The molecule has 14 nitrogen and oxygen atoms in total. The Labute approximate surface area is 373 Å². The summed E-state index contributed by atoms with van der Waals surface area (Å²) in [5.41, 5.74) is 1.96. The average molecular weight is 992 g/mol. The first-order valence-corrected chi connectivity index (χ1v) is 23.6. The Bertz CT molecular complexity index is 2900. The maximum Gasteiger partial charge on any atom is 0.289 e. The Morgan fingerprint density at radius 3 is 1.71 bits per heavy atom. The van der Waals surface area contributed by atoms with E-state index in [0.717, 1.165) is 33.5 Å². The monoisotopic (exact) mass is 989 g/mol. The van der Waals surface area contributed by atoms with Crippen LogP contribution in [0.3, 0.4) is 0 Å². The average Bonchev–Trinajstić information content (AvgIpc) is 4.01. The summed E-state index contributed by atoms with van der Waals surface area (Å²) < 4.78 is 64.5. The van der Waals surface area contributed by atoms with Crippen molar-refractivity contribution in [2.75, 3.05) is 24.4 Å². The van der Waals surface area contributed by atoms with Gasteiger partial charge in [0.1, 0.15) is 0 Å². The van der Waals surface area contributed by atoms with E-state index in [1.165, 1.54) is 77.5 Å². The van der Waals surface area contributed by atoms with Crippen molar-refractivity contribution < 1.29 is 32.2 Å². The van der Waals surface area contributed by atoms with E-state index in [1.807, 2.05) is 0 Å². The smallest absolute Gasteiger partial charge is 0.289 e. The van der Waals surface area contributed by atoms with Crippen LogP contribution in [-0.2, 0) is 19.7 Å². The van der Waals surface area contributed by atoms with Crippen molar-refractivity contribution in [1.29, 1.82) is 0 Å². The standard InChI is InChI=1S/C17H10Cl2N4O3S3.C16H8Cl2N4O3S3.CH3F/c1-23(10-3-2-9-4-5-29(25,26)13(9)6-10)16(24)15-21-22-17(28-15)27-14-11(18)7-20-8-12(14)19;17-10-6-19-7-11(18)13(10)26-16-22-21-15(27-16)14(23)20-9-2-1-8-3-4-28(24,25)12(8)5-9;1-2/h2-8H,1H3;1-7H,(H,20,23);1H3/i;;1D. The minimum atomic E-state index is -3.47. The molecule has 25 heteroatoms. The molecule has 8 rings (SSSR count). The fraction of sp³-hybridized carbons (Fsp3) is 0.0588. The molecule has 6 heterocycles. The number of nitrogens with zero attached hydrogens (tertiary/aromatic N) is 7. The van der Waals surface area contributed by atoms with Crippen molar-refractivity contribution in [2.45, 2.75) is 28.3 Å². The van der Waals surface area contributed by atoms with E-state index in [-0.39, 0.29) is 19.8 Å². The number of carbonyl (C=O) groups excluding carboxylic acids is 2. The molecular formula is C34H21Cl4FN8O6S6. The van der Waals surface area contributed by atoms with Crippen LogP contribution < -0.4 is 10.2 Å². The molecule has 2 amide bonds. The number of pyridine rings is 2. The number of fused-ring (bicyclic) bond motifs is 2. The van der Waals surface area contributed by atoms with E-state index in [1.54, 1.807) is 31.3 Å². The van der Waals surface area contributed by atoms with Crippen molar-refractivity contribution in [2.24, 2.45) is 0 Å². The van der Waals surface area contributed by atoms with Gasteiger partial charge < -0.3 is 10.2 Å². The quantitative estimate of drug-likeness (QED) is 0.151. The van der Waals surface area contributed by atoms with Gasteiger partial charge in [-0.25, -0.2) is 16.8 Å². The van der Waals surface area contributed by atoms with E-state index in [4.69, 9.17) is 47.8 Å². The minimum Gasteiger partial charge on any atom is -0.320 e. The topological polar surface area (TPSA) is 195 Å². The number of carbonyl (C=O) groups is 2. The molecule has 0 aliphatic carbocycles. The van der Waals surface area contributed by atoms with Gasteiger partial charge in [-0.2, -0.15) is 0 Å². The van der Waals surface area contributed by atoms with Crippen LogP contribution in [0.25, 0.3) is 12.2 Å². The third-order valence-corrected chi connectivity index (χ3v) is 16.4. The zero-order valence-corrected chi connectivity index (χ0v) is 37.1. The van der Waals surface area contributed by atoms with E-state index < -0.39 is 38.6 Å². The first-order valence-electron chi connectivity index (χ1n) is 16.4. The molecule has 4 aromatic heterocycles. The van der Waals surface area contributed by atoms with Crippen molar-refractivity contribution in [3.8, 4) is 0 Å². The molecule has 0 bridgehead atoms. The number of anilines is 2. The van der Waals surface area contributed by atoms with Gasteiger partial charge in [-0.05, 0) is 47.5 Å². The molecule has 0 unspecified atom stereocenters. The highest BCUT2D eigenvalue weighted by atomic mass is 35.5. The maximum atomic E-state index is 12.8. The molecule has 59 heavy (non-hydrogen) atoms. The summed E-state index contributed by atoms with van der Waals surface area (Å²) in [6.45, 7) is 0. The van der Waals surface area contributed by atoms with Gasteiger partial charge in [-0.1, -0.05) is 105 Å². The van der Waals surface area contributed by atoms with Gasteiger partial charge in [0.05, 0.1) is 48.2 Å². The van der Waals surface area contributed by atoms with Crippen molar-refractivity contribution >= 4 is 148 Å². The summed E-state index contributed by atoms with van der Waals surface area (Å²) in [5, 5.41) is 22.4. The number of halogens is 5. The highest BCUT2D eigenvalue weighted by Crippen LogP contribution is 2.41. The minimum absolute atomic E-state index is 0.116. The molecule has 304 valence electrons. The molecular weight excluding hydrogens is 970 g/mol. The Kier molecular flexibility index (Phi) is 13.7. The molecule has 6 aromatic rings. The lowest BCUT2D eigenvalue weighted by Gasteiger charge is -2.16. The molecule has 2 aromatic carbocycles. The van der Waals surface area contributed by atoms with E-state index in [9.17, 15) is 30.8 Å². The van der Waals surface area contributed by atoms with Gasteiger partial charge >= 0.3 is 0 Å². The van der Waals surface area contributed by atoms with Gasteiger partial charge in [0.15, 0.2) is 8.68 Å². The van der Waals surface area contributed by atoms with Crippen molar-refractivity contribution in [3.63, 3.8) is 0 Å². The van der Waals surface area contributed by atoms with Crippen LogP contribution in [0.2, 0.25) is 20.1 Å². The number of hydrogen-bond donors (Lipinski definition) is 1. The normalized spacial score (nSPS) is 13.9. The SMILES string of the molecule is CN(C(=O)c1nnc(Sc2c(Cl)cncc2Cl)s1)c1ccc2c(c1)S(=O)(=O)C=C2.O=C(Nc1ccc2c(c1)S(=O)(=O)C=C2)c1nnc(Sc2c(Cl)cncc2Cl)s1.[2H]CF. The number of alkyl halides is 1. The number of nitrogens with one attached hydrogen (secondary N) is 1. The Hall–Kier alpha value is -4.03. The van der Waals surface area contributed by atoms with Crippen LogP contribution in [0.1, 0.15) is 32.1 Å². The molecule has 2 aliphatic rings. The molecule has 0 saturated carbocycles. The third-order valence-electron chi connectivity index (χ3n) is 7.62. The second-order valence-corrected chi connectivity index (χ2v) is 21.0. The summed E-state index contributed by atoms with van der Waals surface area (Å²) in [7, 11) is -6.38. The lowest BCUT2D eigenvalue weighted by Crippen LogP contribution is -2.26. The number of sulfone groups is 2. The second-order valence-electron chi connectivity index (χ2n) is 11.3. The lowest BCUT2D eigenvalue weighted by atomic mass is 10.2. The highest BCUT2D eigenvalue weighted by Gasteiger charge is 2.26. The summed E-state index contributed by atoms with van der Waals surface area (Å²) in [5.74, 6) is -0.913. The number of rotatable bonds is 8. The van der Waals surface area contributed by atoms with Crippen LogP contribution in [0, 0.1) is 0 Å². The summed E-state index contributed by atoms with van der Waals surface area (Å²) in [4.78, 5) is 35.8. The first kappa shape index (κ1) is 43.1. The highest BCUT2D eigenvalue weighted by molar-refractivity contribution is 8.01. The van der Waals surface area contributed by atoms with Crippen molar-refractivity contribution in [3.05, 3.63) is 113 Å². The number of aromatic nitrogens is 6. The van der Waals surface area contributed by atoms with Crippen LogP contribution in [0.15, 0.2) is 100 Å². The lowest BCUT2D eigenvalue weighted by molar-refractivity contribution is 0.0990. The second kappa shape index (κ2) is 18.7. The summed E-state index contributed by atoms with van der Waals surface area (Å²) in [6, 6.07) is 9.46. The summed E-state index contributed by atoms with van der Waals surface area (Å²) >= 11 is 28.9. The van der Waals surface area contributed by atoms with Crippen LogP contribution in [0.4, 0.5) is 15.8 Å². The number of hydrogen-bond acceptors (Lipinski definition) is 16. The number of amides is 2.